The maximum atomic E-state index is 5.85. The van der Waals surface area contributed by atoms with Crippen LogP contribution in [0.15, 0.2) is 36.7 Å². The van der Waals surface area contributed by atoms with E-state index in [4.69, 9.17) is 9.47 Å². The Morgan fingerprint density at radius 3 is 2.90 bits per heavy atom. The van der Waals surface area contributed by atoms with E-state index in [9.17, 15) is 0 Å². The molecule has 4 nitrogen and oxygen atoms in total. The summed E-state index contributed by atoms with van der Waals surface area (Å²) in [5, 5.41) is 3.52. The van der Waals surface area contributed by atoms with Gasteiger partial charge in [0.05, 0.1) is 6.04 Å². The Labute approximate surface area is 125 Å². The lowest BCUT2D eigenvalue weighted by atomic mass is 9.97. The van der Waals surface area contributed by atoms with E-state index in [0.29, 0.717) is 13.2 Å². The molecule has 1 N–H and O–H groups in total. The predicted octanol–water partition coefficient (Wildman–Crippen LogP) is 2.86. The van der Waals surface area contributed by atoms with E-state index >= 15 is 0 Å². The number of ether oxygens (including phenoxy) is 2. The number of rotatable bonds is 4. The van der Waals surface area contributed by atoms with Gasteiger partial charge in [0.1, 0.15) is 13.2 Å². The molecule has 0 fully saturated rings. The van der Waals surface area contributed by atoms with Crippen molar-refractivity contribution in [2.45, 2.75) is 19.9 Å². The fourth-order valence-electron chi connectivity index (χ4n) is 2.67. The largest absolute Gasteiger partial charge is 0.486 e. The zero-order chi connectivity index (χ0) is 14.7. The molecule has 1 aromatic heterocycles. The van der Waals surface area contributed by atoms with Crippen LogP contribution in [0.1, 0.15) is 29.7 Å². The van der Waals surface area contributed by atoms with Crippen molar-refractivity contribution in [3.8, 4) is 11.5 Å². The number of para-hydroxylation sites is 1. The number of hydrogen-bond acceptors (Lipinski definition) is 4. The van der Waals surface area contributed by atoms with Crippen molar-refractivity contribution in [2.24, 2.45) is 0 Å². The summed E-state index contributed by atoms with van der Waals surface area (Å²) in [6.45, 7) is 6.22. The quantitative estimate of drug-likeness (QED) is 0.937. The van der Waals surface area contributed by atoms with Gasteiger partial charge in [-0.25, -0.2) is 0 Å². The third kappa shape index (κ3) is 2.85. The molecule has 2 aromatic rings. The topological polar surface area (TPSA) is 43.4 Å². The van der Waals surface area contributed by atoms with Gasteiger partial charge in [-0.3, -0.25) is 4.98 Å². The van der Waals surface area contributed by atoms with Gasteiger partial charge in [-0.15, -0.1) is 0 Å². The summed E-state index contributed by atoms with van der Waals surface area (Å²) in [6, 6.07) is 8.26. The summed E-state index contributed by atoms with van der Waals surface area (Å²) >= 11 is 0. The lowest BCUT2D eigenvalue weighted by Gasteiger charge is -2.26. The van der Waals surface area contributed by atoms with E-state index in [0.717, 1.165) is 34.7 Å². The van der Waals surface area contributed by atoms with E-state index in [-0.39, 0.29) is 6.04 Å². The number of fused-ring (bicyclic) bond motifs is 1. The highest BCUT2D eigenvalue weighted by Crippen LogP contribution is 2.38. The Balaban J connectivity index is 2.05. The first-order valence-corrected chi connectivity index (χ1v) is 7.33. The summed E-state index contributed by atoms with van der Waals surface area (Å²) in [7, 11) is 0. The third-order valence-corrected chi connectivity index (χ3v) is 3.55. The van der Waals surface area contributed by atoms with Crippen LogP contribution in [0.4, 0.5) is 0 Å². The van der Waals surface area contributed by atoms with Gasteiger partial charge in [-0.1, -0.05) is 25.1 Å². The van der Waals surface area contributed by atoms with Crippen molar-refractivity contribution < 1.29 is 9.47 Å². The molecule has 1 aliphatic rings. The maximum absolute atomic E-state index is 5.85. The van der Waals surface area contributed by atoms with Crippen molar-refractivity contribution in [3.05, 3.63) is 53.3 Å². The molecule has 1 aliphatic heterocycles. The van der Waals surface area contributed by atoms with E-state index in [1.54, 1.807) is 0 Å². The standard InChI is InChI=1S/C17H20N2O2/c1-3-19-16(13-9-12(2)10-18-11-13)14-5-4-6-15-17(14)21-8-7-20-15/h4-6,9-11,16,19H,3,7-8H2,1-2H3. The Morgan fingerprint density at radius 1 is 1.24 bits per heavy atom. The summed E-state index contributed by atoms with van der Waals surface area (Å²) < 4.78 is 11.5. The molecule has 1 aromatic carbocycles. The molecule has 0 aliphatic carbocycles. The molecule has 21 heavy (non-hydrogen) atoms. The average molecular weight is 284 g/mol. The second-order valence-electron chi connectivity index (χ2n) is 5.16. The van der Waals surface area contributed by atoms with Crippen LogP contribution >= 0.6 is 0 Å². The van der Waals surface area contributed by atoms with Crippen LogP contribution in [0.25, 0.3) is 0 Å². The molecule has 110 valence electrons. The number of nitrogens with zero attached hydrogens (tertiary/aromatic N) is 1. The molecule has 1 atom stereocenters. The first kappa shape index (κ1) is 13.9. The van der Waals surface area contributed by atoms with Crippen molar-refractivity contribution in [1.82, 2.24) is 10.3 Å². The van der Waals surface area contributed by atoms with Gasteiger partial charge in [-0.2, -0.15) is 0 Å². The fraction of sp³-hybridized carbons (Fsp3) is 0.353. The van der Waals surface area contributed by atoms with Crippen molar-refractivity contribution in [3.63, 3.8) is 0 Å². The van der Waals surface area contributed by atoms with Crippen LogP contribution < -0.4 is 14.8 Å². The number of pyridine rings is 1. The zero-order valence-electron chi connectivity index (χ0n) is 12.4. The molecule has 0 spiro atoms. The molecule has 0 radical (unpaired) electrons. The van der Waals surface area contributed by atoms with E-state index in [1.165, 1.54) is 0 Å². The molecule has 1 unspecified atom stereocenters. The lowest BCUT2D eigenvalue weighted by molar-refractivity contribution is 0.169. The Bertz CT molecular complexity index is 628. The highest BCUT2D eigenvalue weighted by atomic mass is 16.6. The van der Waals surface area contributed by atoms with Crippen LogP contribution in [0, 0.1) is 6.92 Å². The van der Waals surface area contributed by atoms with Crippen molar-refractivity contribution in [1.29, 1.82) is 0 Å². The Kier molecular flexibility index (Phi) is 4.06. The molecule has 0 saturated carbocycles. The number of hydrogen-bond donors (Lipinski definition) is 1. The van der Waals surface area contributed by atoms with Crippen molar-refractivity contribution >= 4 is 0 Å². The van der Waals surface area contributed by atoms with E-state index in [2.05, 4.69) is 36.3 Å². The van der Waals surface area contributed by atoms with Gasteiger partial charge in [0.25, 0.3) is 0 Å². The van der Waals surface area contributed by atoms with Gasteiger partial charge in [-0.05, 0) is 30.7 Å². The summed E-state index contributed by atoms with van der Waals surface area (Å²) in [5.41, 5.74) is 3.39. The van der Waals surface area contributed by atoms with Gasteiger partial charge in [0.2, 0.25) is 0 Å². The number of aryl methyl sites for hydroxylation is 1. The zero-order valence-corrected chi connectivity index (χ0v) is 12.4. The van der Waals surface area contributed by atoms with Gasteiger partial charge in [0.15, 0.2) is 11.5 Å². The minimum atomic E-state index is 0.0547. The van der Waals surface area contributed by atoms with Crippen LogP contribution in [0.2, 0.25) is 0 Å². The normalized spacial score (nSPS) is 14.8. The number of benzene rings is 1. The van der Waals surface area contributed by atoms with Crippen molar-refractivity contribution in [2.75, 3.05) is 19.8 Å². The summed E-state index contributed by atoms with van der Waals surface area (Å²) in [6.07, 6.45) is 3.77. The predicted molar refractivity (Wildman–Crippen MR) is 81.9 cm³/mol. The van der Waals surface area contributed by atoms with Gasteiger partial charge >= 0.3 is 0 Å². The van der Waals surface area contributed by atoms with E-state index < -0.39 is 0 Å². The highest BCUT2D eigenvalue weighted by Gasteiger charge is 2.23. The first-order valence-electron chi connectivity index (χ1n) is 7.33. The van der Waals surface area contributed by atoms with Gasteiger partial charge in [0, 0.05) is 18.0 Å². The molecule has 0 bridgehead atoms. The Hall–Kier alpha value is -2.07. The number of aromatic nitrogens is 1. The summed E-state index contributed by atoms with van der Waals surface area (Å²) in [5.74, 6) is 1.67. The SMILES string of the molecule is CCNC(c1cncc(C)c1)c1cccc2c1OCCO2. The minimum Gasteiger partial charge on any atom is -0.486 e. The van der Waals surface area contributed by atoms with Crippen LogP contribution in [-0.4, -0.2) is 24.7 Å². The van der Waals surface area contributed by atoms with Crippen LogP contribution in [0.3, 0.4) is 0 Å². The van der Waals surface area contributed by atoms with Gasteiger partial charge < -0.3 is 14.8 Å². The fourth-order valence-corrected chi connectivity index (χ4v) is 2.67. The first-order chi connectivity index (χ1) is 10.3. The van der Waals surface area contributed by atoms with E-state index in [1.807, 2.05) is 24.5 Å². The van der Waals surface area contributed by atoms with Crippen LogP contribution in [-0.2, 0) is 0 Å². The smallest absolute Gasteiger partial charge is 0.166 e. The lowest BCUT2D eigenvalue weighted by Crippen LogP contribution is -2.25. The molecular weight excluding hydrogens is 264 g/mol. The average Bonchev–Trinajstić information content (AvgIpc) is 2.52. The van der Waals surface area contributed by atoms with Crippen LogP contribution in [0.5, 0.6) is 11.5 Å². The highest BCUT2D eigenvalue weighted by molar-refractivity contribution is 5.51. The third-order valence-electron chi connectivity index (χ3n) is 3.55. The second-order valence-corrected chi connectivity index (χ2v) is 5.16. The molecule has 3 rings (SSSR count). The monoisotopic (exact) mass is 284 g/mol. The second kappa shape index (κ2) is 6.14. The number of nitrogens with one attached hydrogen (secondary N) is 1. The molecule has 2 heterocycles. The minimum absolute atomic E-state index is 0.0547. The Morgan fingerprint density at radius 2 is 2.10 bits per heavy atom. The molecule has 4 heteroatoms. The molecule has 0 amide bonds. The molecular formula is C17H20N2O2. The summed E-state index contributed by atoms with van der Waals surface area (Å²) in [4.78, 5) is 4.31. The maximum Gasteiger partial charge on any atom is 0.166 e. The molecule has 0 saturated heterocycles.